The van der Waals surface area contributed by atoms with E-state index in [0.717, 1.165) is 0 Å². The van der Waals surface area contributed by atoms with Crippen molar-refractivity contribution in [2.75, 3.05) is 13.1 Å². The second-order valence-electron chi connectivity index (χ2n) is 3.65. The van der Waals surface area contributed by atoms with E-state index in [1.54, 1.807) is 11.8 Å². The molecule has 0 aliphatic heterocycles. The molecule has 5 heteroatoms. The molecular formula is C10H20N2O3. The molecule has 0 spiro atoms. The molecule has 5 nitrogen and oxygen atoms in total. The Morgan fingerprint density at radius 3 is 2.20 bits per heavy atom. The lowest BCUT2D eigenvalue weighted by Gasteiger charge is -2.28. The smallest absolute Gasteiger partial charge is 0.307 e. The molecule has 0 bridgehead atoms. The molecule has 0 aromatic rings. The molecule has 0 aromatic carbocycles. The largest absolute Gasteiger partial charge is 0.481 e. The van der Waals surface area contributed by atoms with Crippen molar-refractivity contribution in [2.24, 2.45) is 11.7 Å². The molecule has 0 radical (unpaired) electrons. The Bertz CT molecular complexity index is 231. The van der Waals surface area contributed by atoms with Gasteiger partial charge in [-0.25, -0.2) is 0 Å². The molecule has 1 amide bonds. The predicted molar refractivity (Wildman–Crippen MR) is 57.3 cm³/mol. The van der Waals surface area contributed by atoms with Gasteiger partial charge in [-0.2, -0.15) is 0 Å². The average molecular weight is 216 g/mol. The Morgan fingerprint density at radius 1 is 1.40 bits per heavy atom. The number of carbonyl (C=O) groups is 2. The second-order valence-corrected chi connectivity index (χ2v) is 3.65. The minimum Gasteiger partial charge on any atom is -0.481 e. The van der Waals surface area contributed by atoms with E-state index < -0.39 is 17.8 Å². The molecule has 0 saturated heterocycles. The van der Waals surface area contributed by atoms with Crippen LogP contribution in [-0.2, 0) is 9.59 Å². The first kappa shape index (κ1) is 13.9. The first-order valence-electron chi connectivity index (χ1n) is 5.20. The molecule has 0 heterocycles. The number of primary amides is 1. The summed E-state index contributed by atoms with van der Waals surface area (Å²) in [4.78, 5) is 23.6. The van der Waals surface area contributed by atoms with E-state index in [0.29, 0.717) is 19.5 Å². The van der Waals surface area contributed by atoms with Crippen LogP contribution in [0.2, 0.25) is 0 Å². The Labute approximate surface area is 90.2 Å². The highest BCUT2D eigenvalue weighted by Crippen LogP contribution is 2.08. The molecule has 0 saturated carbocycles. The summed E-state index contributed by atoms with van der Waals surface area (Å²) in [5.74, 6) is -1.73. The van der Waals surface area contributed by atoms with Crippen molar-refractivity contribution in [2.45, 2.75) is 33.2 Å². The molecule has 3 N–H and O–H groups in total. The number of carbonyl (C=O) groups excluding carboxylic acids is 1. The summed E-state index contributed by atoms with van der Waals surface area (Å²) in [6, 6.07) is -0.364. The lowest BCUT2D eigenvalue weighted by Crippen LogP contribution is -2.46. The lowest BCUT2D eigenvalue weighted by atomic mass is 10.1. The predicted octanol–water partition coefficient (Wildman–Crippen LogP) is 0.293. The van der Waals surface area contributed by atoms with Crippen molar-refractivity contribution in [3.05, 3.63) is 0 Å². The summed E-state index contributed by atoms with van der Waals surface area (Å²) >= 11 is 0. The maximum absolute atomic E-state index is 11.1. The first-order valence-corrected chi connectivity index (χ1v) is 5.20. The van der Waals surface area contributed by atoms with Gasteiger partial charge < -0.3 is 10.8 Å². The normalized spacial score (nSPS) is 14.9. The Kier molecular flexibility index (Phi) is 5.93. The summed E-state index contributed by atoms with van der Waals surface area (Å²) in [5, 5.41) is 8.78. The highest BCUT2D eigenvalue weighted by Gasteiger charge is 2.24. The van der Waals surface area contributed by atoms with Gasteiger partial charge in [0.05, 0.1) is 12.0 Å². The van der Waals surface area contributed by atoms with Crippen molar-refractivity contribution in [3.63, 3.8) is 0 Å². The van der Waals surface area contributed by atoms with Crippen LogP contribution >= 0.6 is 0 Å². The Morgan fingerprint density at radius 2 is 1.93 bits per heavy atom. The molecule has 2 atom stereocenters. The minimum absolute atomic E-state index is 0.354. The Hall–Kier alpha value is -1.10. The van der Waals surface area contributed by atoms with Crippen LogP contribution in [0.4, 0.5) is 0 Å². The van der Waals surface area contributed by atoms with Crippen LogP contribution in [0.5, 0.6) is 0 Å². The van der Waals surface area contributed by atoms with Gasteiger partial charge in [-0.1, -0.05) is 20.8 Å². The van der Waals surface area contributed by atoms with Crippen LogP contribution < -0.4 is 5.73 Å². The molecule has 15 heavy (non-hydrogen) atoms. The summed E-state index contributed by atoms with van der Waals surface area (Å²) < 4.78 is 0. The quantitative estimate of drug-likeness (QED) is 0.640. The monoisotopic (exact) mass is 216 g/mol. The second kappa shape index (κ2) is 6.40. The average Bonchev–Trinajstić information content (AvgIpc) is 2.16. The fraction of sp³-hybridized carbons (Fsp3) is 0.800. The number of nitrogens with two attached hydrogens (primary N) is 1. The maximum atomic E-state index is 11.1. The zero-order valence-corrected chi connectivity index (χ0v) is 9.56. The molecule has 0 aromatic heterocycles. The van der Waals surface area contributed by atoms with Gasteiger partial charge in [0.1, 0.15) is 0 Å². The zero-order chi connectivity index (χ0) is 12.0. The van der Waals surface area contributed by atoms with Crippen molar-refractivity contribution in [1.82, 2.24) is 4.90 Å². The third kappa shape index (κ3) is 4.29. The summed E-state index contributed by atoms with van der Waals surface area (Å²) in [6.07, 6.45) is 0.607. The molecule has 0 aliphatic rings. The summed E-state index contributed by atoms with van der Waals surface area (Å²) in [5.41, 5.74) is 5.25. The number of carboxylic acid groups (broad SMARTS) is 1. The first-order chi connectivity index (χ1) is 6.93. The lowest BCUT2D eigenvalue weighted by molar-refractivity contribution is -0.142. The number of rotatable bonds is 7. The van der Waals surface area contributed by atoms with E-state index in [-0.39, 0.29) is 6.04 Å². The van der Waals surface area contributed by atoms with Crippen LogP contribution in [0.15, 0.2) is 0 Å². The third-order valence-electron chi connectivity index (χ3n) is 2.49. The highest BCUT2D eigenvalue weighted by molar-refractivity contribution is 5.79. The van der Waals surface area contributed by atoms with E-state index in [4.69, 9.17) is 10.8 Å². The van der Waals surface area contributed by atoms with E-state index >= 15 is 0 Å². The molecule has 0 rings (SSSR count). The van der Waals surface area contributed by atoms with Crippen LogP contribution in [0.1, 0.15) is 27.2 Å². The van der Waals surface area contributed by atoms with Crippen LogP contribution in [0.3, 0.4) is 0 Å². The molecule has 0 fully saturated rings. The molecule has 88 valence electrons. The van der Waals surface area contributed by atoms with E-state index in [1.165, 1.54) is 0 Å². The van der Waals surface area contributed by atoms with Crippen molar-refractivity contribution >= 4 is 11.9 Å². The molecule has 2 unspecified atom stereocenters. The van der Waals surface area contributed by atoms with Gasteiger partial charge in [0, 0.05) is 6.54 Å². The van der Waals surface area contributed by atoms with Gasteiger partial charge in [0.25, 0.3) is 0 Å². The topological polar surface area (TPSA) is 83.6 Å². The molecular weight excluding hydrogens is 196 g/mol. The molecule has 0 aliphatic carbocycles. The number of hydrogen-bond donors (Lipinski definition) is 2. The van der Waals surface area contributed by atoms with Crippen LogP contribution in [0.25, 0.3) is 0 Å². The Balaban J connectivity index is 4.46. The van der Waals surface area contributed by atoms with E-state index in [2.05, 4.69) is 0 Å². The minimum atomic E-state index is -0.854. The van der Waals surface area contributed by atoms with E-state index in [1.807, 2.05) is 13.8 Å². The fourth-order valence-corrected chi connectivity index (χ4v) is 1.55. The number of likely N-dealkylation sites (N-methyl/N-ethyl adjacent to an activating group) is 1. The van der Waals surface area contributed by atoms with Gasteiger partial charge in [0.15, 0.2) is 0 Å². The summed E-state index contributed by atoms with van der Waals surface area (Å²) in [6.45, 7) is 6.36. The summed E-state index contributed by atoms with van der Waals surface area (Å²) in [7, 11) is 0. The number of aliphatic carboxylic acids is 1. The van der Waals surface area contributed by atoms with Gasteiger partial charge in [0.2, 0.25) is 5.91 Å². The van der Waals surface area contributed by atoms with Crippen LogP contribution in [-0.4, -0.2) is 41.0 Å². The SMILES string of the molecule is CCC(C(N)=O)N(CC)CC(C)C(=O)O. The van der Waals surface area contributed by atoms with Gasteiger partial charge in [-0.3, -0.25) is 14.5 Å². The highest BCUT2D eigenvalue weighted by atomic mass is 16.4. The van der Waals surface area contributed by atoms with Crippen molar-refractivity contribution in [1.29, 1.82) is 0 Å². The third-order valence-corrected chi connectivity index (χ3v) is 2.49. The van der Waals surface area contributed by atoms with Gasteiger partial charge >= 0.3 is 5.97 Å². The van der Waals surface area contributed by atoms with Crippen molar-refractivity contribution in [3.8, 4) is 0 Å². The number of carboxylic acids is 1. The van der Waals surface area contributed by atoms with Crippen molar-refractivity contribution < 1.29 is 14.7 Å². The number of hydrogen-bond acceptors (Lipinski definition) is 3. The van der Waals surface area contributed by atoms with Gasteiger partial charge in [-0.15, -0.1) is 0 Å². The van der Waals surface area contributed by atoms with E-state index in [9.17, 15) is 9.59 Å². The number of nitrogens with zero attached hydrogens (tertiary/aromatic N) is 1. The number of amides is 1. The van der Waals surface area contributed by atoms with Crippen LogP contribution in [0, 0.1) is 5.92 Å². The fourth-order valence-electron chi connectivity index (χ4n) is 1.55. The standard InChI is InChI=1S/C10H20N2O3/c1-4-8(9(11)13)12(5-2)6-7(3)10(14)15/h7-8H,4-6H2,1-3H3,(H2,11,13)(H,14,15). The maximum Gasteiger partial charge on any atom is 0.307 e. The van der Waals surface area contributed by atoms with Gasteiger partial charge in [-0.05, 0) is 13.0 Å². The zero-order valence-electron chi connectivity index (χ0n) is 9.56.